The number of phenolic OH excluding ortho intramolecular Hbond substituents is 1. The molecule has 2 atom stereocenters. The Kier molecular flexibility index (Phi) is 4.02. The molecular formula is C14H22N2O. The van der Waals surface area contributed by atoms with Crippen LogP contribution in [0.3, 0.4) is 0 Å². The summed E-state index contributed by atoms with van der Waals surface area (Å²) in [4.78, 5) is 2.49. The predicted molar refractivity (Wildman–Crippen MR) is 69.8 cm³/mol. The van der Waals surface area contributed by atoms with E-state index in [1.165, 1.54) is 18.4 Å². The lowest BCUT2D eigenvalue weighted by atomic mass is 9.93. The average molecular weight is 234 g/mol. The van der Waals surface area contributed by atoms with Crippen molar-refractivity contribution in [1.82, 2.24) is 4.90 Å². The second-order valence-electron chi connectivity index (χ2n) is 5.12. The molecule has 3 heteroatoms. The molecule has 94 valence electrons. The molecule has 0 aliphatic carbocycles. The molecule has 1 fully saturated rings. The molecule has 1 aliphatic heterocycles. The summed E-state index contributed by atoms with van der Waals surface area (Å²) < 4.78 is 0. The number of rotatable bonds is 3. The van der Waals surface area contributed by atoms with Gasteiger partial charge in [-0.25, -0.2) is 0 Å². The highest BCUT2D eigenvalue weighted by molar-refractivity contribution is 5.25. The normalized spacial score (nSPS) is 26.0. The Hall–Kier alpha value is -1.06. The fourth-order valence-electron chi connectivity index (χ4n) is 2.51. The molecule has 0 saturated carbocycles. The molecule has 0 aromatic heterocycles. The third-order valence-electron chi connectivity index (χ3n) is 3.76. The van der Waals surface area contributed by atoms with Crippen molar-refractivity contribution < 1.29 is 5.11 Å². The molecule has 1 aromatic rings. The molecule has 1 heterocycles. The molecule has 1 aromatic carbocycles. The zero-order chi connectivity index (χ0) is 12.3. The van der Waals surface area contributed by atoms with Crippen LogP contribution in [-0.4, -0.2) is 29.1 Å². The van der Waals surface area contributed by atoms with Crippen LogP contribution in [0.25, 0.3) is 0 Å². The molecule has 1 aliphatic rings. The van der Waals surface area contributed by atoms with Gasteiger partial charge in [-0.2, -0.15) is 0 Å². The maximum atomic E-state index is 9.26. The average Bonchev–Trinajstić information content (AvgIpc) is 2.35. The minimum Gasteiger partial charge on any atom is -0.508 e. The van der Waals surface area contributed by atoms with E-state index in [0.717, 1.165) is 19.6 Å². The van der Waals surface area contributed by atoms with Crippen molar-refractivity contribution >= 4 is 0 Å². The predicted octanol–water partition coefficient (Wildman–Crippen LogP) is 1.95. The van der Waals surface area contributed by atoms with Crippen LogP contribution in [0.2, 0.25) is 0 Å². The molecule has 0 spiro atoms. The van der Waals surface area contributed by atoms with Crippen molar-refractivity contribution in [3.63, 3.8) is 0 Å². The lowest BCUT2D eigenvalue weighted by Crippen LogP contribution is -2.43. The van der Waals surface area contributed by atoms with E-state index in [1.807, 2.05) is 12.1 Å². The monoisotopic (exact) mass is 234 g/mol. The van der Waals surface area contributed by atoms with Crippen molar-refractivity contribution in [3.05, 3.63) is 29.8 Å². The number of benzene rings is 1. The van der Waals surface area contributed by atoms with Crippen molar-refractivity contribution in [2.75, 3.05) is 13.1 Å². The maximum absolute atomic E-state index is 9.26. The van der Waals surface area contributed by atoms with Gasteiger partial charge >= 0.3 is 0 Å². The fraction of sp³-hybridized carbons (Fsp3) is 0.571. The Labute approximate surface area is 103 Å². The van der Waals surface area contributed by atoms with E-state index in [0.29, 0.717) is 17.7 Å². The van der Waals surface area contributed by atoms with Gasteiger partial charge in [0.1, 0.15) is 5.75 Å². The Morgan fingerprint density at radius 1 is 1.29 bits per heavy atom. The molecule has 3 nitrogen and oxygen atoms in total. The van der Waals surface area contributed by atoms with Crippen LogP contribution in [0.15, 0.2) is 24.3 Å². The molecule has 2 unspecified atom stereocenters. The lowest BCUT2D eigenvalue weighted by molar-refractivity contribution is 0.113. The number of phenols is 1. The Bertz CT molecular complexity index is 350. The van der Waals surface area contributed by atoms with Crippen LogP contribution < -0.4 is 5.73 Å². The highest BCUT2D eigenvalue weighted by Gasteiger charge is 2.24. The maximum Gasteiger partial charge on any atom is 0.115 e. The summed E-state index contributed by atoms with van der Waals surface area (Å²) in [6.07, 6.45) is 2.49. The highest BCUT2D eigenvalue weighted by Crippen LogP contribution is 2.23. The zero-order valence-electron chi connectivity index (χ0n) is 10.5. The minimum atomic E-state index is 0.334. The number of hydrogen-bond acceptors (Lipinski definition) is 3. The summed E-state index contributed by atoms with van der Waals surface area (Å²) in [5, 5.41) is 9.26. The zero-order valence-corrected chi connectivity index (χ0v) is 10.5. The Balaban J connectivity index is 1.98. The van der Waals surface area contributed by atoms with Crippen molar-refractivity contribution in [2.24, 2.45) is 11.7 Å². The molecule has 1 saturated heterocycles. The summed E-state index contributed by atoms with van der Waals surface area (Å²) in [6, 6.07) is 8.13. The number of nitrogens with two attached hydrogens (primary N) is 1. The van der Waals surface area contributed by atoms with E-state index in [4.69, 9.17) is 5.73 Å². The first-order chi connectivity index (χ1) is 8.19. The van der Waals surface area contributed by atoms with Gasteiger partial charge in [-0.1, -0.05) is 12.1 Å². The Morgan fingerprint density at radius 3 is 2.65 bits per heavy atom. The molecular weight excluding hydrogens is 212 g/mol. The first-order valence-corrected chi connectivity index (χ1v) is 6.41. The highest BCUT2D eigenvalue weighted by atomic mass is 16.3. The third kappa shape index (κ3) is 3.20. The van der Waals surface area contributed by atoms with Crippen LogP contribution in [0.1, 0.15) is 25.3 Å². The van der Waals surface area contributed by atoms with E-state index < -0.39 is 0 Å². The van der Waals surface area contributed by atoms with Crippen LogP contribution in [0, 0.1) is 5.92 Å². The molecule has 3 N–H and O–H groups in total. The first-order valence-electron chi connectivity index (χ1n) is 6.41. The Morgan fingerprint density at radius 2 is 2.00 bits per heavy atom. The van der Waals surface area contributed by atoms with Gasteiger partial charge in [0, 0.05) is 19.1 Å². The SMILES string of the molecule is CC1CCC(CN)CN1Cc1ccc(O)cc1. The van der Waals surface area contributed by atoms with E-state index in [9.17, 15) is 5.11 Å². The summed E-state index contributed by atoms with van der Waals surface area (Å²) in [7, 11) is 0. The van der Waals surface area contributed by atoms with Crippen molar-refractivity contribution in [2.45, 2.75) is 32.4 Å². The number of piperidine rings is 1. The standard InChI is InChI=1S/C14H22N2O/c1-11-2-3-13(8-15)10-16(11)9-12-4-6-14(17)7-5-12/h4-7,11,13,17H,2-3,8-10,15H2,1H3. The minimum absolute atomic E-state index is 0.334. The van der Waals surface area contributed by atoms with Gasteiger partial charge in [-0.05, 0) is 49.9 Å². The lowest BCUT2D eigenvalue weighted by Gasteiger charge is -2.37. The van der Waals surface area contributed by atoms with Gasteiger partial charge in [-0.15, -0.1) is 0 Å². The van der Waals surface area contributed by atoms with E-state index in [2.05, 4.69) is 11.8 Å². The van der Waals surface area contributed by atoms with Crippen LogP contribution >= 0.6 is 0 Å². The first kappa shape index (κ1) is 12.4. The van der Waals surface area contributed by atoms with Crippen LogP contribution in [0.5, 0.6) is 5.75 Å². The third-order valence-corrected chi connectivity index (χ3v) is 3.76. The number of aromatic hydroxyl groups is 1. The molecule has 17 heavy (non-hydrogen) atoms. The molecule has 0 radical (unpaired) electrons. The number of hydrogen-bond donors (Lipinski definition) is 2. The molecule has 0 amide bonds. The summed E-state index contributed by atoms with van der Waals surface area (Å²) in [5.74, 6) is 0.976. The van der Waals surface area contributed by atoms with Crippen LogP contribution in [-0.2, 0) is 6.54 Å². The smallest absolute Gasteiger partial charge is 0.115 e. The van der Waals surface area contributed by atoms with Gasteiger partial charge < -0.3 is 10.8 Å². The second kappa shape index (κ2) is 5.52. The second-order valence-corrected chi connectivity index (χ2v) is 5.12. The van der Waals surface area contributed by atoms with Gasteiger partial charge in [0.05, 0.1) is 0 Å². The van der Waals surface area contributed by atoms with E-state index in [1.54, 1.807) is 12.1 Å². The quantitative estimate of drug-likeness (QED) is 0.840. The largest absolute Gasteiger partial charge is 0.508 e. The summed E-state index contributed by atoms with van der Waals surface area (Å²) >= 11 is 0. The van der Waals surface area contributed by atoms with E-state index in [-0.39, 0.29) is 0 Å². The fourth-order valence-corrected chi connectivity index (χ4v) is 2.51. The van der Waals surface area contributed by atoms with Crippen LogP contribution in [0.4, 0.5) is 0 Å². The summed E-state index contributed by atoms with van der Waals surface area (Å²) in [6.45, 7) is 5.13. The molecule has 2 rings (SSSR count). The van der Waals surface area contributed by atoms with Gasteiger partial charge in [0.25, 0.3) is 0 Å². The van der Waals surface area contributed by atoms with Gasteiger partial charge in [-0.3, -0.25) is 4.90 Å². The number of nitrogens with zero attached hydrogens (tertiary/aromatic N) is 1. The van der Waals surface area contributed by atoms with Gasteiger partial charge in [0.2, 0.25) is 0 Å². The van der Waals surface area contributed by atoms with Crippen molar-refractivity contribution in [1.29, 1.82) is 0 Å². The molecule has 0 bridgehead atoms. The number of likely N-dealkylation sites (tertiary alicyclic amines) is 1. The van der Waals surface area contributed by atoms with E-state index >= 15 is 0 Å². The van der Waals surface area contributed by atoms with Gasteiger partial charge in [0.15, 0.2) is 0 Å². The topological polar surface area (TPSA) is 49.5 Å². The van der Waals surface area contributed by atoms with Crippen molar-refractivity contribution in [3.8, 4) is 5.75 Å². The summed E-state index contributed by atoms with van der Waals surface area (Å²) in [5.41, 5.74) is 7.02.